The molecule has 0 atom stereocenters. The fourth-order valence-corrected chi connectivity index (χ4v) is 3.66. The van der Waals surface area contributed by atoms with Gasteiger partial charge in [-0.3, -0.25) is 14.5 Å². The molecular weight excluding hydrogens is 425 g/mol. The fraction of sp³-hybridized carbons (Fsp3) is 0.333. The molecule has 0 radical (unpaired) electrons. The minimum absolute atomic E-state index is 0.0399. The van der Waals surface area contributed by atoms with Crippen LogP contribution in [0.3, 0.4) is 0 Å². The Morgan fingerprint density at radius 3 is 2.50 bits per heavy atom. The summed E-state index contributed by atoms with van der Waals surface area (Å²) in [5, 5.41) is 12.5. The number of piperazine rings is 1. The zero-order chi connectivity index (χ0) is 21.9. The van der Waals surface area contributed by atoms with Gasteiger partial charge in [0.15, 0.2) is 5.13 Å². The molecule has 1 amide bonds. The van der Waals surface area contributed by atoms with Gasteiger partial charge in [0.2, 0.25) is 5.91 Å². The number of anilines is 2. The van der Waals surface area contributed by atoms with Gasteiger partial charge in [-0.25, -0.2) is 9.78 Å². The van der Waals surface area contributed by atoms with E-state index < -0.39 is 23.5 Å². The van der Waals surface area contributed by atoms with Crippen LogP contribution in [-0.2, 0) is 15.8 Å². The van der Waals surface area contributed by atoms with Gasteiger partial charge in [0.25, 0.3) is 5.78 Å². The highest BCUT2D eigenvalue weighted by Gasteiger charge is 2.31. The smallest absolute Gasteiger partial charge is 0.416 e. The van der Waals surface area contributed by atoms with Gasteiger partial charge in [-0.15, -0.1) is 11.3 Å². The average Bonchev–Trinajstić information content (AvgIpc) is 3.15. The number of rotatable bonds is 6. The van der Waals surface area contributed by atoms with Crippen molar-refractivity contribution >= 4 is 39.8 Å². The van der Waals surface area contributed by atoms with Gasteiger partial charge in [0.1, 0.15) is 5.69 Å². The maximum atomic E-state index is 12.9. The third-order valence-electron chi connectivity index (χ3n) is 4.46. The number of carbonyl (C=O) groups excluding carboxylic acids is 2. The van der Waals surface area contributed by atoms with Crippen molar-refractivity contribution < 1.29 is 32.7 Å². The van der Waals surface area contributed by atoms with Gasteiger partial charge in [0, 0.05) is 37.2 Å². The fourth-order valence-electron chi connectivity index (χ4n) is 2.95. The lowest BCUT2D eigenvalue weighted by atomic mass is 10.1. The van der Waals surface area contributed by atoms with E-state index in [9.17, 15) is 27.6 Å². The first-order valence-corrected chi connectivity index (χ1v) is 9.69. The second kappa shape index (κ2) is 8.79. The third-order valence-corrected chi connectivity index (χ3v) is 5.21. The molecule has 1 aliphatic heterocycles. The molecule has 30 heavy (non-hydrogen) atoms. The molecule has 0 bridgehead atoms. The number of alkyl halides is 3. The Labute approximate surface area is 172 Å². The van der Waals surface area contributed by atoms with Crippen molar-refractivity contribution in [2.45, 2.75) is 6.18 Å². The molecule has 1 aromatic heterocycles. The highest BCUT2D eigenvalue weighted by atomic mass is 32.1. The molecule has 160 valence electrons. The summed E-state index contributed by atoms with van der Waals surface area (Å²) in [6.07, 6.45) is -4.40. The highest BCUT2D eigenvalue weighted by Crippen LogP contribution is 2.31. The van der Waals surface area contributed by atoms with Crippen LogP contribution >= 0.6 is 11.3 Å². The third kappa shape index (κ3) is 5.33. The molecule has 1 fully saturated rings. The van der Waals surface area contributed by atoms with Crippen LogP contribution in [0.5, 0.6) is 0 Å². The Morgan fingerprint density at radius 1 is 1.17 bits per heavy atom. The number of aliphatic carboxylic acids is 1. The zero-order valence-corrected chi connectivity index (χ0v) is 16.3. The van der Waals surface area contributed by atoms with Gasteiger partial charge in [-0.2, -0.15) is 13.2 Å². The maximum Gasteiger partial charge on any atom is 0.416 e. The number of ketones is 1. The molecular formula is C18H17F3N4O4S. The molecule has 2 N–H and O–H groups in total. The van der Waals surface area contributed by atoms with Crippen molar-refractivity contribution in [3.63, 3.8) is 0 Å². The Bertz CT molecular complexity index is 955. The van der Waals surface area contributed by atoms with Crippen molar-refractivity contribution in [3.8, 4) is 0 Å². The molecule has 1 saturated heterocycles. The van der Waals surface area contributed by atoms with Crippen molar-refractivity contribution in [3.05, 3.63) is 40.9 Å². The molecule has 0 aliphatic carbocycles. The monoisotopic (exact) mass is 442 g/mol. The number of Topliss-reactive ketones (excluding diaryl/α,β-unsaturated/α-hetero) is 1. The van der Waals surface area contributed by atoms with E-state index in [1.807, 2.05) is 9.80 Å². The first-order valence-electron chi connectivity index (χ1n) is 8.81. The lowest BCUT2D eigenvalue weighted by Crippen LogP contribution is -2.48. The number of nitrogens with zero attached hydrogens (tertiary/aromatic N) is 3. The number of hydrogen-bond acceptors (Lipinski definition) is 7. The molecule has 2 heterocycles. The van der Waals surface area contributed by atoms with E-state index in [1.165, 1.54) is 11.4 Å². The number of nitrogens with one attached hydrogen (secondary N) is 1. The summed E-state index contributed by atoms with van der Waals surface area (Å²) in [6.45, 7) is 1.92. The first-order chi connectivity index (χ1) is 14.1. The summed E-state index contributed by atoms with van der Waals surface area (Å²) in [6, 6.07) is 5.13. The second-order valence-electron chi connectivity index (χ2n) is 6.53. The van der Waals surface area contributed by atoms with E-state index in [0.717, 1.165) is 23.5 Å². The summed E-state index contributed by atoms with van der Waals surface area (Å²) >= 11 is 0.941. The molecule has 0 unspecified atom stereocenters. The van der Waals surface area contributed by atoms with Gasteiger partial charge < -0.3 is 15.3 Å². The highest BCUT2D eigenvalue weighted by molar-refractivity contribution is 7.14. The lowest BCUT2D eigenvalue weighted by molar-refractivity contribution is -0.137. The van der Waals surface area contributed by atoms with Crippen molar-refractivity contribution in [1.82, 2.24) is 9.88 Å². The topological polar surface area (TPSA) is 103 Å². The normalized spacial score (nSPS) is 15.1. The van der Waals surface area contributed by atoms with E-state index in [2.05, 4.69) is 10.3 Å². The molecule has 0 saturated carbocycles. The number of aromatic nitrogens is 1. The zero-order valence-electron chi connectivity index (χ0n) is 15.5. The number of carboxylic acids is 1. The number of amides is 1. The van der Waals surface area contributed by atoms with Crippen LogP contribution in [0.2, 0.25) is 0 Å². The van der Waals surface area contributed by atoms with Crippen molar-refractivity contribution in [2.75, 3.05) is 42.9 Å². The minimum atomic E-state index is -4.40. The number of carbonyl (C=O) groups is 3. The lowest BCUT2D eigenvalue weighted by Gasteiger charge is -2.35. The van der Waals surface area contributed by atoms with Gasteiger partial charge in [-0.05, 0) is 18.2 Å². The molecule has 3 rings (SSSR count). The molecule has 2 aromatic rings. The molecule has 12 heteroatoms. The van der Waals surface area contributed by atoms with Crippen LogP contribution in [0.25, 0.3) is 0 Å². The second-order valence-corrected chi connectivity index (χ2v) is 7.39. The Kier molecular flexibility index (Phi) is 6.37. The van der Waals surface area contributed by atoms with Crippen LogP contribution in [0.15, 0.2) is 29.6 Å². The summed E-state index contributed by atoms with van der Waals surface area (Å²) in [4.78, 5) is 41.6. The van der Waals surface area contributed by atoms with Gasteiger partial charge >= 0.3 is 12.1 Å². The number of hydrogen-bond donors (Lipinski definition) is 2. The van der Waals surface area contributed by atoms with E-state index >= 15 is 0 Å². The largest absolute Gasteiger partial charge is 0.475 e. The molecule has 8 nitrogen and oxygen atoms in total. The summed E-state index contributed by atoms with van der Waals surface area (Å²) in [5.41, 5.74) is -0.476. The average molecular weight is 442 g/mol. The van der Waals surface area contributed by atoms with E-state index in [0.29, 0.717) is 31.9 Å². The van der Waals surface area contributed by atoms with E-state index in [4.69, 9.17) is 5.11 Å². The number of carboxylic acid groups (broad SMARTS) is 1. The van der Waals surface area contributed by atoms with Crippen molar-refractivity contribution in [2.24, 2.45) is 0 Å². The maximum absolute atomic E-state index is 12.9. The molecule has 1 aliphatic rings. The molecule has 0 spiro atoms. The van der Waals surface area contributed by atoms with Crippen LogP contribution in [0, 0.1) is 0 Å². The minimum Gasteiger partial charge on any atom is -0.475 e. The van der Waals surface area contributed by atoms with Crippen molar-refractivity contribution in [1.29, 1.82) is 0 Å². The standard InChI is InChI=1S/C18H17F3N4O4S/c19-18(20,21)11-2-1-3-12(8-11)25-6-4-24(5-7-25)9-14(26)23-17-22-13(10-30-17)15(27)16(28)29/h1-3,8,10H,4-7,9H2,(H,28,29)(H,22,23,26). The Morgan fingerprint density at radius 2 is 1.87 bits per heavy atom. The number of halogens is 3. The SMILES string of the molecule is O=C(CN1CCN(c2cccc(C(F)(F)F)c2)CC1)Nc1nc(C(=O)C(=O)O)cs1. The molecule has 1 aromatic carbocycles. The summed E-state index contributed by atoms with van der Waals surface area (Å²) in [5.74, 6) is -3.17. The van der Waals surface area contributed by atoms with Crippen LogP contribution in [0.4, 0.5) is 24.0 Å². The Balaban J connectivity index is 1.51. The van der Waals surface area contributed by atoms with E-state index in [1.54, 1.807) is 6.07 Å². The van der Waals surface area contributed by atoms with Gasteiger partial charge in [-0.1, -0.05) is 6.07 Å². The number of benzene rings is 1. The van der Waals surface area contributed by atoms with Gasteiger partial charge in [0.05, 0.1) is 12.1 Å². The first kappa shape index (κ1) is 21.7. The van der Waals surface area contributed by atoms with E-state index in [-0.39, 0.29) is 23.3 Å². The summed E-state index contributed by atoms with van der Waals surface area (Å²) < 4.78 is 38.6. The quantitative estimate of drug-likeness (QED) is 0.522. The van der Waals surface area contributed by atoms with Crippen LogP contribution in [0.1, 0.15) is 16.1 Å². The summed E-state index contributed by atoms with van der Waals surface area (Å²) in [7, 11) is 0. The van der Waals surface area contributed by atoms with Crippen LogP contribution < -0.4 is 10.2 Å². The predicted molar refractivity (Wildman–Crippen MR) is 103 cm³/mol. The predicted octanol–water partition coefficient (Wildman–Crippen LogP) is 2.19. The Hall–Kier alpha value is -2.99. The number of thiazole rings is 1. The van der Waals surface area contributed by atoms with Crippen LogP contribution in [-0.4, -0.2) is 65.4 Å².